The molecule has 0 radical (unpaired) electrons. The number of fused-ring (bicyclic) bond motifs is 1. The monoisotopic (exact) mass is 529 g/mol. The van der Waals surface area contributed by atoms with E-state index in [0.717, 1.165) is 45.9 Å². The number of aliphatic carboxylic acids is 1. The fraction of sp³-hybridized carbons (Fsp3) is 0.286. The van der Waals surface area contributed by atoms with E-state index in [0.29, 0.717) is 23.5 Å². The Morgan fingerprint density at radius 1 is 1.08 bits per heavy atom. The lowest BCUT2D eigenvalue weighted by Gasteiger charge is -2.23. The number of alkyl halides is 3. The maximum atomic E-state index is 13.0. The molecule has 194 valence electrons. The summed E-state index contributed by atoms with van der Waals surface area (Å²) in [6.07, 6.45) is -3.68. The lowest BCUT2D eigenvalue weighted by molar-refractivity contribution is -0.152. The Balaban J connectivity index is 1.42. The summed E-state index contributed by atoms with van der Waals surface area (Å²) in [7, 11) is 0. The predicted octanol–water partition coefficient (Wildman–Crippen LogP) is 6.75. The van der Waals surface area contributed by atoms with E-state index in [4.69, 9.17) is 4.74 Å². The van der Waals surface area contributed by atoms with Crippen molar-refractivity contribution in [2.75, 3.05) is 10.7 Å². The first-order valence-corrected chi connectivity index (χ1v) is 12.6. The minimum Gasteiger partial charge on any atom is -0.478 e. The van der Waals surface area contributed by atoms with E-state index >= 15 is 0 Å². The van der Waals surface area contributed by atoms with Gasteiger partial charge in [0.05, 0.1) is 12.1 Å². The molecular formula is C28H26F3NO4S. The number of amides is 1. The fourth-order valence-electron chi connectivity index (χ4n) is 4.06. The molecule has 9 heteroatoms. The van der Waals surface area contributed by atoms with Gasteiger partial charge < -0.3 is 14.7 Å². The molecule has 0 bridgehead atoms. The van der Waals surface area contributed by atoms with Crippen molar-refractivity contribution in [1.82, 2.24) is 0 Å². The number of anilines is 1. The van der Waals surface area contributed by atoms with Gasteiger partial charge in [0.1, 0.15) is 5.75 Å². The molecule has 0 fully saturated rings. The molecule has 0 atom stereocenters. The van der Waals surface area contributed by atoms with E-state index in [1.54, 1.807) is 23.9 Å². The van der Waals surface area contributed by atoms with Gasteiger partial charge in [-0.2, -0.15) is 13.2 Å². The number of hydrogen-bond acceptors (Lipinski definition) is 4. The van der Waals surface area contributed by atoms with Crippen molar-refractivity contribution >= 4 is 29.3 Å². The highest BCUT2D eigenvalue weighted by atomic mass is 32.2. The van der Waals surface area contributed by atoms with Crippen LogP contribution in [0.3, 0.4) is 0 Å². The molecule has 0 saturated heterocycles. The van der Waals surface area contributed by atoms with E-state index in [2.05, 4.69) is 0 Å². The summed E-state index contributed by atoms with van der Waals surface area (Å²) >= 11 is 1.61. The van der Waals surface area contributed by atoms with Crippen molar-refractivity contribution in [3.63, 3.8) is 0 Å². The van der Waals surface area contributed by atoms with Crippen LogP contribution in [0.4, 0.5) is 18.9 Å². The Hall–Kier alpha value is -3.46. The van der Waals surface area contributed by atoms with Gasteiger partial charge in [-0.1, -0.05) is 18.2 Å². The van der Waals surface area contributed by atoms with Gasteiger partial charge in [-0.05, 0) is 86.3 Å². The highest BCUT2D eigenvalue weighted by molar-refractivity contribution is 7.99. The standard InChI is InChI=1S/C28H26F3NO4S/c1-17-15-18(7-12-23(17)36-27(2,3)26(34)35)13-14-37-24-6-4-5-21-22(24)16-32(25(21)33)20-10-8-19(9-11-20)28(29,30)31/h4-12,15H,13-14,16H2,1-3H3,(H,34,35). The number of carbonyl (C=O) groups excluding carboxylic acids is 1. The van der Waals surface area contributed by atoms with Crippen LogP contribution in [0, 0.1) is 6.92 Å². The molecule has 1 amide bonds. The summed E-state index contributed by atoms with van der Waals surface area (Å²) in [5.41, 5.74) is 1.68. The predicted molar refractivity (Wildman–Crippen MR) is 136 cm³/mol. The molecule has 0 saturated carbocycles. The SMILES string of the molecule is Cc1cc(CCSc2cccc3c2CN(c2ccc(C(F)(F)F)cc2)C3=O)ccc1OC(C)(C)C(=O)O. The van der Waals surface area contributed by atoms with Crippen LogP contribution in [0.2, 0.25) is 0 Å². The maximum Gasteiger partial charge on any atom is 0.416 e. The molecule has 5 nitrogen and oxygen atoms in total. The third kappa shape index (κ3) is 5.77. The zero-order valence-corrected chi connectivity index (χ0v) is 21.4. The molecule has 1 aliphatic heterocycles. The third-order valence-corrected chi connectivity index (χ3v) is 7.30. The van der Waals surface area contributed by atoms with E-state index in [1.165, 1.54) is 30.9 Å². The van der Waals surface area contributed by atoms with Gasteiger partial charge >= 0.3 is 12.1 Å². The van der Waals surface area contributed by atoms with Crippen molar-refractivity contribution in [3.05, 3.63) is 88.5 Å². The normalized spacial score (nSPS) is 13.6. The number of carboxylic acid groups (broad SMARTS) is 1. The van der Waals surface area contributed by atoms with Crippen LogP contribution in [0.25, 0.3) is 0 Å². The summed E-state index contributed by atoms with van der Waals surface area (Å²) < 4.78 is 44.4. The summed E-state index contributed by atoms with van der Waals surface area (Å²) in [6.45, 7) is 5.17. The second-order valence-electron chi connectivity index (χ2n) is 9.33. The number of rotatable bonds is 8. The second kappa shape index (κ2) is 10.1. The largest absolute Gasteiger partial charge is 0.478 e. The minimum atomic E-state index is -4.43. The Labute approximate surface area is 217 Å². The lowest BCUT2D eigenvalue weighted by Crippen LogP contribution is -2.38. The van der Waals surface area contributed by atoms with Crippen molar-refractivity contribution < 1.29 is 32.6 Å². The maximum absolute atomic E-state index is 13.0. The molecule has 3 aromatic rings. The van der Waals surface area contributed by atoms with Crippen LogP contribution in [0.1, 0.15) is 46.5 Å². The molecule has 4 rings (SSSR count). The smallest absolute Gasteiger partial charge is 0.416 e. The summed E-state index contributed by atoms with van der Waals surface area (Å²) in [6, 6.07) is 15.8. The Bertz CT molecular complexity index is 1340. The number of thioether (sulfide) groups is 1. The number of hydrogen-bond donors (Lipinski definition) is 1. The van der Waals surface area contributed by atoms with Crippen molar-refractivity contribution in [2.24, 2.45) is 0 Å². The Morgan fingerprint density at radius 2 is 1.78 bits per heavy atom. The quantitative estimate of drug-likeness (QED) is 0.327. The third-order valence-electron chi connectivity index (χ3n) is 6.20. The molecule has 1 heterocycles. The topological polar surface area (TPSA) is 66.8 Å². The van der Waals surface area contributed by atoms with Gasteiger partial charge in [0.25, 0.3) is 5.91 Å². The van der Waals surface area contributed by atoms with Gasteiger partial charge in [-0.3, -0.25) is 4.79 Å². The van der Waals surface area contributed by atoms with E-state index in [-0.39, 0.29) is 5.91 Å². The first kappa shape index (κ1) is 26.6. The van der Waals surface area contributed by atoms with Crippen molar-refractivity contribution in [2.45, 2.75) is 50.4 Å². The number of halogens is 3. The van der Waals surface area contributed by atoms with E-state index < -0.39 is 23.3 Å². The van der Waals surface area contributed by atoms with Crippen LogP contribution in [0.5, 0.6) is 5.75 Å². The van der Waals surface area contributed by atoms with Gasteiger partial charge in [0, 0.05) is 21.9 Å². The molecule has 37 heavy (non-hydrogen) atoms. The summed E-state index contributed by atoms with van der Waals surface area (Å²) in [5, 5.41) is 9.28. The number of ether oxygens (including phenoxy) is 1. The Morgan fingerprint density at radius 3 is 2.41 bits per heavy atom. The first-order valence-electron chi connectivity index (χ1n) is 11.6. The van der Waals surface area contributed by atoms with Crippen molar-refractivity contribution in [1.29, 1.82) is 0 Å². The molecular weight excluding hydrogens is 503 g/mol. The molecule has 0 aliphatic carbocycles. The number of aryl methyl sites for hydroxylation is 2. The van der Waals surface area contributed by atoms with Crippen LogP contribution >= 0.6 is 11.8 Å². The average molecular weight is 530 g/mol. The summed E-state index contributed by atoms with van der Waals surface area (Å²) in [4.78, 5) is 26.8. The number of carboxylic acids is 1. The molecule has 1 aliphatic rings. The van der Waals surface area contributed by atoms with Gasteiger partial charge in [-0.15, -0.1) is 11.8 Å². The van der Waals surface area contributed by atoms with E-state index in [1.807, 2.05) is 31.2 Å². The Kier molecular flexibility index (Phi) is 7.28. The molecule has 0 aromatic heterocycles. The van der Waals surface area contributed by atoms with E-state index in [9.17, 15) is 27.9 Å². The molecule has 3 aromatic carbocycles. The van der Waals surface area contributed by atoms with Crippen LogP contribution in [-0.2, 0) is 23.9 Å². The highest BCUT2D eigenvalue weighted by Gasteiger charge is 2.33. The highest BCUT2D eigenvalue weighted by Crippen LogP contribution is 2.37. The number of benzene rings is 3. The summed E-state index contributed by atoms with van der Waals surface area (Å²) in [5.74, 6) is -0.0112. The number of nitrogens with zero attached hydrogens (tertiary/aromatic N) is 1. The van der Waals surface area contributed by atoms with Crippen molar-refractivity contribution in [3.8, 4) is 5.75 Å². The number of carbonyl (C=O) groups is 2. The second-order valence-corrected chi connectivity index (χ2v) is 10.5. The zero-order valence-electron chi connectivity index (χ0n) is 20.6. The van der Waals surface area contributed by atoms with Gasteiger partial charge in [0.2, 0.25) is 0 Å². The first-order chi connectivity index (χ1) is 17.4. The van der Waals surface area contributed by atoms with Crippen LogP contribution < -0.4 is 9.64 Å². The lowest BCUT2D eigenvalue weighted by atomic mass is 10.1. The van der Waals surface area contributed by atoms with Gasteiger partial charge in [0.15, 0.2) is 5.60 Å². The zero-order chi connectivity index (χ0) is 27.0. The fourth-order valence-corrected chi connectivity index (χ4v) is 5.14. The average Bonchev–Trinajstić information content (AvgIpc) is 3.17. The van der Waals surface area contributed by atoms with Gasteiger partial charge in [-0.25, -0.2) is 4.79 Å². The molecule has 1 N–H and O–H groups in total. The van der Waals surface area contributed by atoms with Crippen LogP contribution in [0.15, 0.2) is 65.6 Å². The minimum absolute atomic E-state index is 0.229. The molecule has 0 spiro atoms. The molecule has 0 unspecified atom stereocenters. The van der Waals surface area contributed by atoms with Crippen LogP contribution in [-0.4, -0.2) is 28.3 Å².